The van der Waals surface area contributed by atoms with Gasteiger partial charge in [0.05, 0.1) is 6.10 Å². The largest absolute Gasteiger partial charge is 0.453 e. The fourth-order valence-electron chi connectivity index (χ4n) is 2.10. The van der Waals surface area contributed by atoms with E-state index in [1.54, 1.807) is 13.1 Å². The molecule has 3 rings (SSSR count). The second-order valence-corrected chi connectivity index (χ2v) is 4.56. The molecule has 1 atom stereocenters. The number of furan rings is 1. The summed E-state index contributed by atoms with van der Waals surface area (Å²) in [5, 5.41) is 10.6. The van der Waals surface area contributed by atoms with Crippen molar-refractivity contribution >= 4 is 11.0 Å². The molecule has 0 saturated heterocycles. The molecule has 4 nitrogen and oxygen atoms in total. The van der Waals surface area contributed by atoms with E-state index in [4.69, 9.17) is 4.42 Å². The Bertz CT molecular complexity index is 699. The van der Waals surface area contributed by atoms with Crippen molar-refractivity contribution in [1.82, 2.24) is 9.97 Å². The van der Waals surface area contributed by atoms with E-state index in [1.165, 1.54) is 0 Å². The topological polar surface area (TPSA) is 59.2 Å². The number of hydrogen-bond donors (Lipinski definition) is 1. The summed E-state index contributed by atoms with van der Waals surface area (Å²) in [5.74, 6) is 1.18. The summed E-state index contributed by atoms with van der Waals surface area (Å²) in [6.07, 6.45) is 1.08. The van der Waals surface area contributed by atoms with Gasteiger partial charge in [0.15, 0.2) is 11.6 Å². The van der Waals surface area contributed by atoms with Crippen LogP contribution in [0.15, 0.2) is 40.9 Å². The first kappa shape index (κ1) is 11.9. The van der Waals surface area contributed by atoms with Gasteiger partial charge in [0.1, 0.15) is 5.58 Å². The fourth-order valence-corrected chi connectivity index (χ4v) is 2.10. The molecule has 0 radical (unpaired) electrons. The molecule has 3 aromatic rings. The van der Waals surface area contributed by atoms with Crippen LogP contribution >= 0.6 is 0 Å². The van der Waals surface area contributed by atoms with E-state index >= 15 is 0 Å². The molecule has 0 amide bonds. The van der Waals surface area contributed by atoms with Crippen molar-refractivity contribution < 1.29 is 9.52 Å². The van der Waals surface area contributed by atoms with E-state index in [0.29, 0.717) is 11.6 Å². The van der Waals surface area contributed by atoms with E-state index in [-0.39, 0.29) is 0 Å². The highest BCUT2D eigenvalue weighted by atomic mass is 16.3. The Hall–Kier alpha value is -2.20. The van der Waals surface area contributed by atoms with Crippen LogP contribution in [-0.4, -0.2) is 15.1 Å². The van der Waals surface area contributed by atoms with Crippen molar-refractivity contribution in [3.63, 3.8) is 0 Å². The maximum Gasteiger partial charge on any atom is 0.195 e. The zero-order chi connectivity index (χ0) is 13.4. The standard InChI is InChI=1S/C15H14N2O2/c1-9-12(10(2)18)8-16-15(17-9)14-7-11-5-3-4-6-13(11)19-14/h3-8,10,18H,1-2H3/t10-/m1/s1. The Balaban J connectivity index is 2.09. The molecule has 0 aliphatic carbocycles. The fraction of sp³-hybridized carbons (Fsp3) is 0.200. The number of aromatic nitrogens is 2. The number of rotatable bonds is 2. The van der Waals surface area contributed by atoms with Gasteiger partial charge in [-0.05, 0) is 26.0 Å². The van der Waals surface area contributed by atoms with Crippen LogP contribution in [0.4, 0.5) is 0 Å². The molecule has 4 heteroatoms. The lowest BCUT2D eigenvalue weighted by atomic mass is 10.1. The predicted molar refractivity (Wildman–Crippen MR) is 72.6 cm³/mol. The summed E-state index contributed by atoms with van der Waals surface area (Å²) >= 11 is 0. The summed E-state index contributed by atoms with van der Waals surface area (Å²) in [5.41, 5.74) is 2.32. The van der Waals surface area contributed by atoms with Gasteiger partial charge in [-0.2, -0.15) is 0 Å². The molecule has 0 saturated carbocycles. The smallest absolute Gasteiger partial charge is 0.195 e. The van der Waals surface area contributed by atoms with Crippen LogP contribution in [0.1, 0.15) is 24.3 Å². The predicted octanol–water partition coefficient (Wildman–Crippen LogP) is 3.25. The molecule has 0 aliphatic rings. The molecule has 0 spiro atoms. The maximum absolute atomic E-state index is 9.58. The molecular formula is C15H14N2O2. The van der Waals surface area contributed by atoms with Crippen LogP contribution in [0, 0.1) is 6.92 Å². The van der Waals surface area contributed by atoms with Crippen molar-refractivity contribution in [2.45, 2.75) is 20.0 Å². The Morgan fingerprint density at radius 1 is 1.26 bits per heavy atom. The van der Waals surface area contributed by atoms with E-state index in [9.17, 15) is 5.11 Å². The molecular weight excluding hydrogens is 240 g/mol. The van der Waals surface area contributed by atoms with Gasteiger partial charge >= 0.3 is 0 Å². The number of aliphatic hydroxyl groups excluding tert-OH is 1. The molecule has 0 bridgehead atoms. The quantitative estimate of drug-likeness (QED) is 0.762. The molecule has 2 aromatic heterocycles. The SMILES string of the molecule is Cc1nc(-c2cc3ccccc3o2)ncc1[C@@H](C)O. The maximum atomic E-state index is 9.58. The number of aryl methyl sites for hydroxylation is 1. The molecule has 1 aromatic carbocycles. The van der Waals surface area contributed by atoms with Gasteiger partial charge in [0, 0.05) is 22.8 Å². The summed E-state index contributed by atoms with van der Waals surface area (Å²) in [7, 11) is 0. The number of benzene rings is 1. The number of fused-ring (bicyclic) bond motifs is 1. The number of hydrogen-bond acceptors (Lipinski definition) is 4. The summed E-state index contributed by atoms with van der Waals surface area (Å²) in [6, 6.07) is 9.71. The van der Waals surface area contributed by atoms with Gasteiger partial charge in [-0.1, -0.05) is 18.2 Å². The minimum Gasteiger partial charge on any atom is -0.453 e. The molecule has 19 heavy (non-hydrogen) atoms. The van der Waals surface area contributed by atoms with E-state index in [1.807, 2.05) is 37.3 Å². The van der Waals surface area contributed by atoms with Gasteiger partial charge in [-0.15, -0.1) is 0 Å². The van der Waals surface area contributed by atoms with E-state index in [0.717, 1.165) is 22.2 Å². The second kappa shape index (κ2) is 4.48. The van der Waals surface area contributed by atoms with Crippen molar-refractivity contribution in [2.24, 2.45) is 0 Å². The van der Waals surface area contributed by atoms with Crippen LogP contribution in [0.2, 0.25) is 0 Å². The minimum atomic E-state index is -0.565. The monoisotopic (exact) mass is 254 g/mol. The highest BCUT2D eigenvalue weighted by Gasteiger charge is 2.12. The Labute approximate surface area is 110 Å². The normalized spacial score (nSPS) is 12.8. The molecule has 2 heterocycles. The zero-order valence-corrected chi connectivity index (χ0v) is 10.8. The average Bonchev–Trinajstić information content (AvgIpc) is 2.81. The van der Waals surface area contributed by atoms with Crippen LogP contribution in [-0.2, 0) is 0 Å². The lowest BCUT2D eigenvalue weighted by Crippen LogP contribution is -2.00. The third-order valence-corrected chi connectivity index (χ3v) is 3.11. The first-order chi connectivity index (χ1) is 9.15. The molecule has 0 fully saturated rings. The molecule has 96 valence electrons. The second-order valence-electron chi connectivity index (χ2n) is 4.56. The first-order valence-corrected chi connectivity index (χ1v) is 6.15. The summed E-state index contributed by atoms with van der Waals surface area (Å²) < 4.78 is 5.72. The van der Waals surface area contributed by atoms with Crippen molar-refractivity contribution in [2.75, 3.05) is 0 Å². The van der Waals surface area contributed by atoms with E-state index < -0.39 is 6.10 Å². The highest BCUT2D eigenvalue weighted by Crippen LogP contribution is 2.26. The lowest BCUT2D eigenvalue weighted by molar-refractivity contribution is 0.197. The van der Waals surface area contributed by atoms with Gasteiger partial charge in [-0.3, -0.25) is 0 Å². The van der Waals surface area contributed by atoms with Crippen LogP contribution in [0.3, 0.4) is 0 Å². The first-order valence-electron chi connectivity index (χ1n) is 6.15. The van der Waals surface area contributed by atoms with Crippen molar-refractivity contribution in [3.8, 4) is 11.6 Å². The summed E-state index contributed by atoms with van der Waals surface area (Å²) in [6.45, 7) is 3.56. The van der Waals surface area contributed by atoms with Crippen molar-refractivity contribution in [1.29, 1.82) is 0 Å². The lowest BCUT2D eigenvalue weighted by Gasteiger charge is -2.07. The van der Waals surface area contributed by atoms with Crippen LogP contribution in [0.5, 0.6) is 0 Å². The van der Waals surface area contributed by atoms with E-state index in [2.05, 4.69) is 9.97 Å². The Kier molecular flexibility index (Phi) is 2.80. The third kappa shape index (κ3) is 2.11. The van der Waals surface area contributed by atoms with Crippen molar-refractivity contribution in [3.05, 3.63) is 47.8 Å². The molecule has 0 unspecified atom stereocenters. The number of nitrogens with zero attached hydrogens (tertiary/aromatic N) is 2. The Morgan fingerprint density at radius 3 is 2.74 bits per heavy atom. The third-order valence-electron chi connectivity index (χ3n) is 3.11. The summed E-state index contributed by atoms with van der Waals surface area (Å²) in [4.78, 5) is 8.66. The van der Waals surface area contributed by atoms with Crippen LogP contribution < -0.4 is 0 Å². The van der Waals surface area contributed by atoms with Gasteiger partial charge in [0.2, 0.25) is 0 Å². The minimum absolute atomic E-state index is 0.540. The van der Waals surface area contributed by atoms with Gasteiger partial charge in [-0.25, -0.2) is 9.97 Å². The Morgan fingerprint density at radius 2 is 2.05 bits per heavy atom. The molecule has 0 aliphatic heterocycles. The van der Waals surface area contributed by atoms with Gasteiger partial charge < -0.3 is 9.52 Å². The number of aliphatic hydroxyl groups is 1. The van der Waals surface area contributed by atoms with Crippen LogP contribution in [0.25, 0.3) is 22.6 Å². The number of para-hydroxylation sites is 1. The zero-order valence-electron chi connectivity index (χ0n) is 10.8. The molecule has 1 N–H and O–H groups in total. The highest BCUT2D eigenvalue weighted by molar-refractivity contribution is 5.81. The van der Waals surface area contributed by atoms with Gasteiger partial charge in [0.25, 0.3) is 0 Å². The average molecular weight is 254 g/mol.